The molecule has 0 saturated heterocycles. The Labute approximate surface area is 144 Å². The Bertz CT molecular complexity index is 660. The molecule has 1 aromatic heterocycles. The van der Waals surface area contributed by atoms with Crippen LogP contribution in [-0.4, -0.2) is 30.1 Å². The van der Waals surface area contributed by atoms with Gasteiger partial charge in [0.1, 0.15) is 5.56 Å². The summed E-state index contributed by atoms with van der Waals surface area (Å²) in [6.45, 7) is 11.0. The van der Waals surface area contributed by atoms with Gasteiger partial charge in [-0.05, 0) is 43.1 Å². The lowest BCUT2D eigenvalue weighted by Gasteiger charge is -2.43. The average molecular weight is 352 g/mol. The fraction of sp³-hybridized carbons (Fsp3) is 0.667. The summed E-state index contributed by atoms with van der Waals surface area (Å²) in [6, 6.07) is 2.93. The molecule has 1 aliphatic carbocycles. The van der Waals surface area contributed by atoms with Crippen LogP contribution in [0.5, 0.6) is 0 Å². The van der Waals surface area contributed by atoms with E-state index in [0.29, 0.717) is 0 Å². The third-order valence-corrected chi connectivity index (χ3v) is 9.99. The van der Waals surface area contributed by atoms with Gasteiger partial charge < -0.3 is 14.1 Å². The second-order valence-corrected chi connectivity index (χ2v) is 13.0. The van der Waals surface area contributed by atoms with Crippen LogP contribution in [0.2, 0.25) is 18.1 Å². The molecule has 0 amide bonds. The molecule has 1 aliphatic rings. The van der Waals surface area contributed by atoms with Gasteiger partial charge in [0, 0.05) is 6.20 Å². The smallest absolute Gasteiger partial charge is 0.341 e. The van der Waals surface area contributed by atoms with Gasteiger partial charge in [-0.1, -0.05) is 33.6 Å². The lowest BCUT2D eigenvalue weighted by atomic mass is 9.92. The molecule has 5 nitrogen and oxygen atoms in total. The second kappa shape index (κ2) is 6.84. The third-order valence-electron chi connectivity index (χ3n) is 5.48. The van der Waals surface area contributed by atoms with Gasteiger partial charge in [-0.25, -0.2) is 4.79 Å². The largest absolute Gasteiger partial charge is 0.477 e. The van der Waals surface area contributed by atoms with Gasteiger partial charge in [-0.15, -0.1) is 0 Å². The zero-order valence-corrected chi connectivity index (χ0v) is 16.3. The predicted octanol–water partition coefficient (Wildman–Crippen LogP) is 4.05. The SMILES string of the molecule is CC(C)(C)[Si](C)(C)O[C@@H]1CCCCC1n1cccc(C(=O)O)c1=O. The van der Waals surface area contributed by atoms with E-state index in [4.69, 9.17) is 4.43 Å². The summed E-state index contributed by atoms with van der Waals surface area (Å²) in [4.78, 5) is 23.8. The Kier molecular flexibility index (Phi) is 5.40. The highest BCUT2D eigenvalue weighted by molar-refractivity contribution is 6.74. The van der Waals surface area contributed by atoms with Gasteiger partial charge in [0.25, 0.3) is 5.56 Å². The predicted molar refractivity (Wildman–Crippen MR) is 97.2 cm³/mol. The van der Waals surface area contributed by atoms with Crippen molar-refractivity contribution in [2.24, 2.45) is 0 Å². The highest BCUT2D eigenvalue weighted by Crippen LogP contribution is 2.41. The molecule has 1 unspecified atom stereocenters. The minimum atomic E-state index is -1.95. The molecule has 134 valence electrons. The van der Waals surface area contributed by atoms with Crippen molar-refractivity contribution in [2.45, 2.75) is 76.7 Å². The Morgan fingerprint density at radius 2 is 1.92 bits per heavy atom. The van der Waals surface area contributed by atoms with Crippen molar-refractivity contribution in [3.63, 3.8) is 0 Å². The van der Waals surface area contributed by atoms with E-state index in [1.807, 2.05) is 0 Å². The monoisotopic (exact) mass is 351 g/mol. The van der Waals surface area contributed by atoms with E-state index in [0.717, 1.165) is 25.7 Å². The van der Waals surface area contributed by atoms with Crippen molar-refractivity contribution in [1.29, 1.82) is 0 Å². The van der Waals surface area contributed by atoms with Crippen LogP contribution in [0.15, 0.2) is 23.1 Å². The van der Waals surface area contributed by atoms with Gasteiger partial charge in [-0.2, -0.15) is 0 Å². The lowest BCUT2D eigenvalue weighted by molar-refractivity contribution is 0.0683. The first kappa shape index (κ1) is 18.9. The van der Waals surface area contributed by atoms with Crippen molar-refractivity contribution in [2.75, 3.05) is 0 Å². The van der Waals surface area contributed by atoms with E-state index in [9.17, 15) is 14.7 Å². The van der Waals surface area contributed by atoms with Crippen LogP contribution in [-0.2, 0) is 4.43 Å². The van der Waals surface area contributed by atoms with E-state index in [-0.39, 0.29) is 22.7 Å². The van der Waals surface area contributed by atoms with Gasteiger partial charge in [0.15, 0.2) is 8.32 Å². The van der Waals surface area contributed by atoms with Crippen LogP contribution < -0.4 is 5.56 Å². The van der Waals surface area contributed by atoms with Crippen molar-refractivity contribution < 1.29 is 14.3 Å². The van der Waals surface area contributed by atoms with Crippen LogP contribution in [0.1, 0.15) is 62.9 Å². The lowest BCUT2D eigenvalue weighted by Crippen LogP contribution is -2.48. The molecule has 1 aromatic rings. The number of nitrogens with zero attached hydrogens (tertiary/aromatic N) is 1. The fourth-order valence-corrected chi connectivity index (χ4v) is 4.41. The van der Waals surface area contributed by atoms with Crippen LogP contribution >= 0.6 is 0 Å². The quantitative estimate of drug-likeness (QED) is 0.831. The zero-order valence-electron chi connectivity index (χ0n) is 15.3. The molecule has 0 spiro atoms. The summed E-state index contributed by atoms with van der Waals surface area (Å²) in [6.07, 6.45) is 5.56. The summed E-state index contributed by atoms with van der Waals surface area (Å²) >= 11 is 0. The van der Waals surface area contributed by atoms with Crippen molar-refractivity contribution >= 4 is 14.3 Å². The minimum absolute atomic E-state index is 0.0265. The van der Waals surface area contributed by atoms with E-state index >= 15 is 0 Å². The van der Waals surface area contributed by atoms with E-state index in [1.165, 1.54) is 6.07 Å². The highest BCUT2D eigenvalue weighted by Gasteiger charge is 2.41. The highest BCUT2D eigenvalue weighted by atomic mass is 28.4. The molecule has 1 N–H and O–H groups in total. The molecule has 0 aliphatic heterocycles. The first-order chi connectivity index (χ1) is 11.0. The Balaban J connectivity index is 2.36. The maximum Gasteiger partial charge on any atom is 0.341 e. The number of aromatic nitrogens is 1. The van der Waals surface area contributed by atoms with Crippen LogP contribution in [0.3, 0.4) is 0 Å². The van der Waals surface area contributed by atoms with Crippen molar-refractivity contribution in [3.05, 3.63) is 34.2 Å². The number of rotatable bonds is 4. The first-order valence-corrected chi connectivity index (χ1v) is 11.6. The third kappa shape index (κ3) is 3.80. The molecular weight excluding hydrogens is 322 g/mol. The van der Waals surface area contributed by atoms with Gasteiger partial charge >= 0.3 is 5.97 Å². The number of pyridine rings is 1. The number of aromatic carboxylic acids is 1. The van der Waals surface area contributed by atoms with Crippen LogP contribution in [0.4, 0.5) is 0 Å². The normalized spacial score (nSPS) is 22.4. The molecule has 1 heterocycles. The minimum Gasteiger partial charge on any atom is -0.477 e. The zero-order chi connectivity index (χ0) is 18.1. The Morgan fingerprint density at radius 3 is 2.50 bits per heavy atom. The summed E-state index contributed by atoms with van der Waals surface area (Å²) in [5.74, 6) is -1.17. The molecule has 0 aromatic carbocycles. The standard InChI is InChI=1S/C18H29NO4Si/c1-18(2,3)24(4,5)23-15-11-7-6-10-14(15)19-12-8-9-13(16(19)20)17(21)22/h8-9,12,14-15H,6-7,10-11H2,1-5H3,(H,21,22)/t14?,15-/m1/s1. The summed E-state index contributed by atoms with van der Waals surface area (Å²) in [5, 5.41) is 9.31. The maximum absolute atomic E-state index is 12.6. The average Bonchev–Trinajstić information content (AvgIpc) is 2.46. The van der Waals surface area contributed by atoms with Crippen LogP contribution in [0.25, 0.3) is 0 Å². The van der Waals surface area contributed by atoms with E-state index in [2.05, 4.69) is 33.9 Å². The molecule has 0 bridgehead atoms. The number of hydrogen-bond acceptors (Lipinski definition) is 3. The molecule has 0 radical (unpaired) electrons. The molecule has 24 heavy (non-hydrogen) atoms. The van der Waals surface area contributed by atoms with Gasteiger partial charge in [0.05, 0.1) is 12.1 Å². The van der Waals surface area contributed by atoms with Crippen molar-refractivity contribution in [3.8, 4) is 0 Å². The second-order valence-electron chi connectivity index (χ2n) is 8.21. The molecule has 1 saturated carbocycles. The fourth-order valence-electron chi connectivity index (χ4n) is 3.02. The molecule has 2 rings (SSSR count). The molecular formula is C18H29NO4Si. The summed E-state index contributed by atoms with van der Waals surface area (Å²) < 4.78 is 8.18. The number of carboxylic acids is 1. The Hall–Kier alpha value is -1.40. The topological polar surface area (TPSA) is 68.5 Å². The maximum atomic E-state index is 12.6. The summed E-state index contributed by atoms with van der Waals surface area (Å²) in [7, 11) is -1.95. The molecule has 6 heteroatoms. The van der Waals surface area contributed by atoms with Crippen molar-refractivity contribution in [1.82, 2.24) is 4.57 Å². The first-order valence-electron chi connectivity index (χ1n) is 8.67. The Morgan fingerprint density at radius 1 is 1.29 bits per heavy atom. The number of carboxylic acid groups (broad SMARTS) is 1. The van der Waals surface area contributed by atoms with E-state index < -0.39 is 19.8 Å². The van der Waals surface area contributed by atoms with E-state index in [1.54, 1.807) is 16.8 Å². The molecule has 2 atom stereocenters. The molecule has 1 fully saturated rings. The van der Waals surface area contributed by atoms with Crippen LogP contribution in [0, 0.1) is 0 Å². The van der Waals surface area contributed by atoms with Gasteiger partial charge in [0.2, 0.25) is 0 Å². The summed E-state index contributed by atoms with van der Waals surface area (Å²) in [5.41, 5.74) is -0.602. The number of hydrogen-bond donors (Lipinski definition) is 1. The number of carbonyl (C=O) groups is 1. The van der Waals surface area contributed by atoms with Gasteiger partial charge in [-0.3, -0.25) is 4.79 Å².